The van der Waals surface area contributed by atoms with Crippen LogP contribution in [-0.2, 0) is 16.1 Å². The van der Waals surface area contributed by atoms with Crippen LogP contribution in [0.3, 0.4) is 0 Å². The van der Waals surface area contributed by atoms with Crippen LogP contribution in [0.5, 0.6) is 0 Å². The molecule has 0 aliphatic carbocycles. The van der Waals surface area contributed by atoms with Crippen LogP contribution in [0.1, 0.15) is 26.7 Å². The fraction of sp³-hybridized carbons (Fsp3) is 0.562. The summed E-state index contributed by atoms with van der Waals surface area (Å²) in [6, 6.07) is 4.08. The summed E-state index contributed by atoms with van der Waals surface area (Å²) in [4.78, 5) is 13.3. The highest BCUT2D eigenvalue weighted by atomic mass is 32.2. The summed E-state index contributed by atoms with van der Waals surface area (Å²) >= 11 is 3.06. The predicted molar refractivity (Wildman–Crippen MR) is 96.3 cm³/mol. The Balaban J connectivity index is 1.57. The normalized spacial score (nSPS) is 18.7. The van der Waals surface area contributed by atoms with Gasteiger partial charge in [-0.1, -0.05) is 17.8 Å². The first-order valence-corrected chi connectivity index (χ1v) is 10.1. The number of carbonyl (C=O) groups excluding carboxylic acids is 1. The second kappa shape index (κ2) is 8.13. The second-order valence-electron chi connectivity index (χ2n) is 5.72. The third-order valence-corrected chi connectivity index (χ3v) is 5.85. The number of nitrogens with zero attached hydrogens (tertiary/aromatic N) is 3. The molecule has 3 heterocycles. The minimum Gasteiger partial charge on any atom is -0.376 e. The van der Waals surface area contributed by atoms with Crippen LogP contribution in [0.15, 0.2) is 22.7 Å². The number of aromatic nitrogens is 3. The van der Waals surface area contributed by atoms with Gasteiger partial charge in [-0.2, -0.15) is 0 Å². The van der Waals surface area contributed by atoms with Gasteiger partial charge in [-0.3, -0.25) is 4.79 Å². The van der Waals surface area contributed by atoms with Crippen molar-refractivity contribution in [2.45, 2.75) is 50.5 Å². The van der Waals surface area contributed by atoms with Crippen molar-refractivity contribution in [3.63, 3.8) is 0 Å². The van der Waals surface area contributed by atoms with E-state index in [2.05, 4.69) is 22.4 Å². The fourth-order valence-corrected chi connectivity index (χ4v) is 4.31. The molecule has 2 aromatic rings. The number of hydrogen-bond acceptors (Lipinski definition) is 6. The first-order valence-electron chi connectivity index (χ1n) is 8.20. The van der Waals surface area contributed by atoms with Gasteiger partial charge in [0.1, 0.15) is 0 Å². The predicted octanol–water partition coefficient (Wildman–Crippen LogP) is 2.80. The Kier molecular flexibility index (Phi) is 5.91. The highest BCUT2D eigenvalue weighted by molar-refractivity contribution is 7.99. The Bertz CT molecular complexity index is 666. The molecular formula is C16H22N4O2S2. The molecule has 1 N–H and O–H groups in total. The number of rotatable bonds is 7. The number of nitrogens with one attached hydrogen (secondary N) is 1. The molecule has 0 radical (unpaired) electrons. The number of thioether (sulfide) groups is 1. The van der Waals surface area contributed by atoms with E-state index in [-0.39, 0.29) is 18.1 Å². The highest BCUT2D eigenvalue weighted by Gasteiger charge is 2.24. The quantitative estimate of drug-likeness (QED) is 0.763. The minimum absolute atomic E-state index is 0.00586. The van der Waals surface area contributed by atoms with Gasteiger partial charge < -0.3 is 14.6 Å². The highest BCUT2D eigenvalue weighted by Crippen LogP contribution is 2.27. The average Bonchev–Trinajstić information content (AvgIpc) is 3.33. The monoisotopic (exact) mass is 366 g/mol. The van der Waals surface area contributed by atoms with Crippen LogP contribution < -0.4 is 5.32 Å². The molecule has 24 heavy (non-hydrogen) atoms. The third kappa shape index (κ3) is 3.99. The molecule has 1 aliphatic rings. The van der Waals surface area contributed by atoms with E-state index in [1.54, 1.807) is 11.3 Å². The van der Waals surface area contributed by atoms with Crippen molar-refractivity contribution in [2.75, 3.05) is 12.4 Å². The average molecular weight is 367 g/mol. The first-order chi connectivity index (χ1) is 11.7. The van der Waals surface area contributed by atoms with Crippen molar-refractivity contribution in [3.8, 4) is 10.7 Å². The first kappa shape index (κ1) is 17.4. The Morgan fingerprint density at radius 1 is 1.58 bits per heavy atom. The molecule has 0 spiro atoms. The van der Waals surface area contributed by atoms with Crippen molar-refractivity contribution in [1.29, 1.82) is 0 Å². The zero-order valence-corrected chi connectivity index (χ0v) is 15.5. The van der Waals surface area contributed by atoms with E-state index in [0.717, 1.165) is 41.9 Å². The van der Waals surface area contributed by atoms with Crippen LogP contribution in [-0.4, -0.2) is 45.2 Å². The van der Waals surface area contributed by atoms with E-state index in [1.165, 1.54) is 11.8 Å². The van der Waals surface area contributed by atoms with E-state index in [4.69, 9.17) is 4.74 Å². The minimum atomic E-state index is 0.00586. The molecular weight excluding hydrogens is 344 g/mol. The Morgan fingerprint density at radius 2 is 2.46 bits per heavy atom. The molecule has 0 bridgehead atoms. The largest absolute Gasteiger partial charge is 0.376 e. The summed E-state index contributed by atoms with van der Waals surface area (Å²) < 4.78 is 7.66. The number of amides is 1. The third-order valence-electron chi connectivity index (χ3n) is 4.02. The van der Waals surface area contributed by atoms with Crippen LogP contribution >= 0.6 is 23.1 Å². The maximum absolute atomic E-state index is 12.2. The smallest absolute Gasteiger partial charge is 0.230 e. The summed E-state index contributed by atoms with van der Waals surface area (Å²) in [5.74, 6) is 1.20. The molecule has 1 fully saturated rings. The maximum Gasteiger partial charge on any atom is 0.230 e. The number of hydrogen-bond donors (Lipinski definition) is 1. The van der Waals surface area contributed by atoms with E-state index < -0.39 is 0 Å². The van der Waals surface area contributed by atoms with Crippen molar-refractivity contribution in [1.82, 2.24) is 20.1 Å². The van der Waals surface area contributed by atoms with E-state index >= 15 is 0 Å². The van der Waals surface area contributed by atoms with Crippen molar-refractivity contribution in [2.24, 2.45) is 0 Å². The molecule has 2 atom stereocenters. The lowest BCUT2D eigenvalue weighted by Crippen LogP contribution is -2.41. The molecule has 0 aromatic carbocycles. The molecule has 2 aromatic heterocycles. The van der Waals surface area contributed by atoms with Crippen LogP contribution in [0.25, 0.3) is 10.7 Å². The summed E-state index contributed by atoms with van der Waals surface area (Å²) in [6.07, 6.45) is 2.23. The second-order valence-corrected chi connectivity index (χ2v) is 7.61. The number of ether oxygens (including phenoxy) is 1. The zero-order valence-electron chi connectivity index (χ0n) is 13.9. The molecule has 6 nitrogen and oxygen atoms in total. The lowest BCUT2D eigenvalue weighted by atomic mass is 10.1. The van der Waals surface area contributed by atoms with Crippen molar-refractivity contribution < 1.29 is 9.53 Å². The Morgan fingerprint density at radius 3 is 3.12 bits per heavy atom. The fourth-order valence-electron chi connectivity index (χ4n) is 2.78. The summed E-state index contributed by atoms with van der Waals surface area (Å²) in [6.45, 7) is 5.63. The SMILES string of the molecule is CCn1c(SCC(=O)NC(C)C2CCCO2)nnc1-c1cccs1. The topological polar surface area (TPSA) is 69.0 Å². The zero-order chi connectivity index (χ0) is 16.9. The van der Waals surface area contributed by atoms with Gasteiger partial charge >= 0.3 is 0 Å². The van der Waals surface area contributed by atoms with Gasteiger partial charge in [0.25, 0.3) is 0 Å². The Labute approximate surface area is 150 Å². The van der Waals surface area contributed by atoms with Crippen LogP contribution in [0.2, 0.25) is 0 Å². The molecule has 1 aliphatic heterocycles. The van der Waals surface area contributed by atoms with E-state index in [9.17, 15) is 4.79 Å². The molecule has 1 saturated heterocycles. The lowest BCUT2D eigenvalue weighted by Gasteiger charge is -2.19. The van der Waals surface area contributed by atoms with E-state index in [0.29, 0.717) is 5.75 Å². The molecule has 1 amide bonds. The summed E-state index contributed by atoms with van der Waals surface area (Å²) in [7, 11) is 0. The van der Waals surface area contributed by atoms with Crippen LogP contribution in [0, 0.1) is 0 Å². The van der Waals surface area contributed by atoms with Crippen molar-refractivity contribution in [3.05, 3.63) is 17.5 Å². The van der Waals surface area contributed by atoms with Gasteiger partial charge in [0.15, 0.2) is 11.0 Å². The lowest BCUT2D eigenvalue weighted by molar-refractivity contribution is -0.120. The molecule has 0 saturated carbocycles. The number of thiophene rings is 1. The van der Waals surface area contributed by atoms with Gasteiger partial charge in [-0.05, 0) is 38.1 Å². The van der Waals surface area contributed by atoms with E-state index in [1.807, 2.05) is 29.0 Å². The van der Waals surface area contributed by atoms with Gasteiger partial charge in [0.05, 0.1) is 22.8 Å². The molecule has 130 valence electrons. The number of carbonyl (C=O) groups is 1. The molecule has 2 unspecified atom stereocenters. The van der Waals surface area contributed by atoms with Gasteiger partial charge in [0.2, 0.25) is 5.91 Å². The van der Waals surface area contributed by atoms with Crippen LogP contribution in [0.4, 0.5) is 0 Å². The standard InChI is InChI=1S/C16H22N4O2S2/c1-3-20-15(13-7-5-9-23-13)18-19-16(20)24-10-14(21)17-11(2)12-6-4-8-22-12/h5,7,9,11-12H,3-4,6,8,10H2,1-2H3,(H,17,21). The van der Waals surface area contributed by atoms with Crippen molar-refractivity contribution >= 4 is 29.0 Å². The summed E-state index contributed by atoms with van der Waals surface area (Å²) in [5, 5.41) is 14.4. The summed E-state index contributed by atoms with van der Waals surface area (Å²) in [5.41, 5.74) is 0. The Hall–Kier alpha value is -1.38. The van der Waals surface area contributed by atoms with Gasteiger partial charge in [-0.25, -0.2) is 0 Å². The molecule has 3 rings (SSSR count). The molecule has 8 heteroatoms. The maximum atomic E-state index is 12.2. The van der Waals surface area contributed by atoms with Gasteiger partial charge in [-0.15, -0.1) is 21.5 Å². The van der Waals surface area contributed by atoms with Gasteiger partial charge in [0, 0.05) is 13.2 Å².